The van der Waals surface area contributed by atoms with Gasteiger partial charge in [0.05, 0.1) is 17.8 Å². The lowest BCUT2D eigenvalue weighted by atomic mass is 9.93. The third-order valence-corrected chi connectivity index (χ3v) is 3.68. The van der Waals surface area contributed by atoms with Gasteiger partial charge in [0.25, 0.3) is 0 Å². The molecule has 0 bridgehead atoms. The number of carbonyl (C=O) groups is 1. The van der Waals surface area contributed by atoms with Crippen molar-refractivity contribution < 1.29 is 9.32 Å². The van der Waals surface area contributed by atoms with Crippen molar-refractivity contribution in [3.63, 3.8) is 0 Å². The van der Waals surface area contributed by atoms with Gasteiger partial charge in [0.1, 0.15) is 0 Å². The minimum absolute atomic E-state index is 0.0666. The standard InChI is InChI=1S/C13H21N3O2/c1-3-10-8-11(18-16-10)9-14-12(17)13(4-2)6-5-7-15-13/h8,15H,3-7,9H2,1-2H3,(H,14,17)/t13-/m0/s1. The van der Waals surface area contributed by atoms with E-state index >= 15 is 0 Å². The maximum atomic E-state index is 12.2. The molecule has 5 heteroatoms. The molecule has 2 rings (SSSR count). The summed E-state index contributed by atoms with van der Waals surface area (Å²) in [6.45, 7) is 5.40. The van der Waals surface area contributed by atoms with Crippen LogP contribution in [-0.2, 0) is 17.8 Å². The predicted molar refractivity (Wildman–Crippen MR) is 68.0 cm³/mol. The molecule has 0 aliphatic carbocycles. The molecule has 1 amide bonds. The lowest BCUT2D eigenvalue weighted by molar-refractivity contribution is -0.127. The molecule has 0 saturated carbocycles. The van der Waals surface area contributed by atoms with Crippen LogP contribution in [0.2, 0.25) is 0 Å². The molecular formula is C13H21N3O2. The van der Waals surface area contributed by atoms with Crippen molar-refractivity contribution in [1.29, 1.82) is 0 Å². The summed E-state index contributed by atoms with van der Waals surface area (Å²) < 4.78 is 5.15. The van der Waals surface area contributed by atoms with Crippen molar-refractivity contribution in [2.45, 2.75) is 51.6 Å². The highest BCUT2D eigenvalue weighted by Gasteiger charge is 2.38. The number of hydrogen-bond acceptors (Lipinski definition) is 4. The van der Waals surface area contributed by atoms with Crippen LogP contribution in [0, 0.1) is 0 Å². The van der Waals surface area contributed by atoms with Gasteiger partial charge in [-0.2, -0.15) is 0 Å². The lowest BCUT2D eigenvalue weighted by Gasteiger charge is -2.26. The molecule has 1 aromatic heterocycles. The molecule has 2 N–H and O–H groups in total. The van der Waals surface area contributed by atoms with Crippen molar-refractivity contribution in [3.05, 3.63) is 17.5 Å². The first-order chi connectivity index (χ1) is 8.70. The molecule has 1 saturated heterocycles. The second-order valence-corrected chi connectivity index (χ2v) is 4.79. The summed E-state index contributed by atoms with van der Waals surface area (Å²) in [5, 5.41) is 10.2. The number of nitrogens with one attached hydrogen (secondary N) is 2. The normalized spacial score (nSPS) is 23.2. The second kappa shape index (κ2) is 5.52. The molecule has 18 heavy (non-hydrogen) atoms. The fourth-order valence-corrected chi connectivity index (χ4v) is 2.40. The Kier molecular flexibility index (Phi) is 4.01. The van der Waals surface area contributed by atoms with Crippen LogP contribution < -0.4 is 10.6 Å². The van der Waals surface area contributed by atoms with Gasteiger partial charge < -0.3 is 15.2 Å². The summed E-state index contributed by atoms with van der Waals surface area (Å²) in [5.41, 5.74) is 0.539. The number of rotatable bonds is 5. The van der Waals surface area contributed by atoms with Gasteiger partial charge in [-0.3, -0.25) is 4.79 Å². The summed E-state index contributed by atoms with van der Waals surface area (Å²) in [6.07, 6.45) is 3.63. The van der Waals surface area contributed by atoms with E-state index in [0.29, 0.717) is 12.3 Å². The zero-order valence-electron chi connectivity index (χ0n) is 11.1. The van der Waals surface area contributed by atoms with Crippen molar-refractivity contribution in [1.82, 2.24) is 15.8 Å². The Morgan fingerprint density at radius 2 is 2.44 bits per heavy atom. The molecule has 1 aliphatic rings. The first-order valence-electron chi connectivity index (χ1n) is 6.68. The number of carbonyl (C=O) groups excluding carboxylic acids is 1. The third kappa shape index (κ3) is 2.56. The second-order valence-electron chi connectivity index (χ2n) is 4.79. The van der Waals surface area contributed by atoms with Crippen LogP contribution in [0.4, 0.5) is 0 Å². The third-order valence-electron chi connectivity index (χ3n) is 3.68. The Bertz CT molecular complexity index is 408. The number of aryl methyl sites for hydroxylation is 1. The van der Waals surface area contributed by atoms with Gasteiger partial charge in [-0.05, 0) is 32.2 Å². The average Bonchev–Trinajstić information content (AvgIpc) is 3.05. The molecule has 0 spiro atoms. The van der Waals surface area contributed by atoms with Crippen LogP contribution in [0.5, 0.6) is 0 Å². The molecule has 1 aromatic rings. The van der Waals surface area contributed by atoms with Gasteiger partial charge in [0, 0.05) is 6.07 Å². The Balaban J connectivity index is 1.91. The summed E-state index contributed by atoms with van der Waals surface area (Å²) in [4.78, 5) is 12.2. The van der Waals surface area contributed by atoms with E-state index < -0.39 is 0 Å². The largest absolute Gasteiger partial charge is 0.359 e. The summed E-state index contributed by atoms with van der Waals surface area (Å²) in [5.74, 6) is 0.779. The molecule has 0 radical (unpaired) electrons. The summed E-state index contributed by atoms with van der Waals surface area (Å²) in [7, 11) is 0. The average molecular weight is 251 g/mol. The van der Waals surface area contributed by atoms with Crippen molar-refractivity contribution in [2.24, 2.45) is 0 Å². The molecule has 100 valence electrons. The highest BCUT2D eigenvalue weighted by atomic mass is 16.5. The van der Waals surface area contributed by atoms with E-state index in [9.17, 15) is 4.79 Å². The lowest BCUT2D eigenvalue weighted by Crippen LogP contribution is -2.52. The van der Waals surface area contributed by atoms with E-state index in [1.165, 1.54) is 0 Å². The maximum absolute atomic E-state index is 12.2. The van der Waals surface area contributed by atoms with Crippen molar-refractivity contribution in [2.75, 3.05) is 6.54 Å². The topological polar surface area (TPSA) is 67.2 Å². The number of amides is 1. The van der Waals surface area contributed by atoms with E-state index in [4.69, 9.17) is 4.52 Å². The Morgan fingerprint density at radius 1 is 1.61 bits per heavy atom. The van der Waals surface area contributed by atoms with Crippen LogP contribution in [-0.4, -0.2) is 23.1 Å². The molecule has 0 unspecified atom stereocenters. The Morgan fingerprint density at radius 3 is 3.00 bits per heavy atom. The van der Waals surface area contributed by atoms with Crippen LogP contribution in [0.1, 0.15) is 44.6 Å². The van der Waals surface area contributed by atoms with Gasteiger partial charge in [-0.25, -0.2) is 0 Å². The van der Waals surface area contributed by atoms with E-state index in [1.807, 2.05) is 19.9 Å². The van der Waals surface area contributed by atoms with Crippen molar-refractivity contribution in [3.8, 4) is 0 Å². The van der Waals surface area contributed by atoms with Crippen LogP contribution in [0.3, 0.4) is 0 Å². The zero-order chi connectivity index (χ0) is 13.0. The minimum atomic E-state index is -0.381. The highest BCUT2D eigenvalue weighted by Crippen LogP contribution is 2.23. The monoisotopic (exact) mass is 251 g/mol. The van der Waals surface area contributed by atoms with E-state index in [-0.39, 0.29) is 11.4 Å². The fraction of sp³-hybridized carbons (Fsp3) is 0.692. The first-order valence-corrected chi connectivity index (χ1v) is 6.68. The number of aromatic nitrogens is 1. The van der Waals surface area contributed by atoms with Gasteiger partial charge in [-0.1, -0.05) is 19.0 Å². The highest BCUT2D eigenvalue weighted by molar-refractivity contribution is 5.86. The SMILES string of the molecule is CCc1cc(CNC(=O)[C@]2(CC)CCCN2)on1. The molecule has 1 aliphatic heterocycles. The predicted octanol–water partition coefficient (Wildman–Crippen LogP) is 1.39. The van der Waals surface area contributed by atoms with Crippen LogP contribution in [0.25, 0.3) is 0 Å². The molecule has 5 nitrogen and oxygen atoms in total. The van der Waals surface area contributed by atoms with Crippen LogP contribution >= 0.6 is 0 Å². The zero-order valence-corrected chi connectivity index (χ0v) is 11.1. The van der Waals surface area contributed by atoms with E-state index in [0.717, 1.165) is 37.9 Å². The minimum Gasteiger partial charge on any atom is -0.359 e. The fourth-order valence-electron chi connectivity index (χ4n) is 2.40. The van der Waals surface area contributed by atoms with Crippen molar-refractivity contribution >= 4 is 5.91 Å². The maximum Gasteiger partial charge on any atom is 0.240 e. The summed E-state index contributed by atoms with van der Waals surface area (Å²) >= 11 is 0. The molecule has 1 fully saturated rings. The molecule has 1 atom stereocenters. The molecule has 2 heterocycles. The van der Waals surface area contributed by atoms with Gasteiger partial charge in [0.15, 0.2) is 5.76 Å². The van der Waals surface area contributed by atoms with Gasteiger partial charge in [-0.15, -0.1) is 0 Å². The first kappa shape index (κ1) is 13.1. The number of hydrogen-bond donors (Lipinski definition) is 2. The quantitative estimate of drug-likeness (QED) is 0.829. The van der Waals surface area contributed by atoms with E-state index in [2.05, 4.69) is 15.8 Å². The van der Waals surface area contributed by atoms with E-state index in [1.54, 1.807) is 0 Å². The smallest absolute Gasteiger partial charge is 0.240 e. The van der Waals surface area contributed by atoms with Gasteiger partial charge >= 0.3 is 0 Å². The molecular weight excluding hydrogens is 230 g/mol. The molecule has 0 aromatic carbocycles. The number of nitrogens with zero attached hydrogens (tertiary/aromatic N) is 1. The van der Waals surface area contributed by atoms with Gasteiger partial charge in [0.2, 0.25) is 5.91 Å². The Labute approximate surface area is 107 Å². The summed E-state index contributed by atoms with van der Waals surface area (Å²) in [6, 6.07) is 1.89. The van der Waals surface area contributed by atoms with Crippen LogP contribution in [0.15, 0.2) is 10.6 Å². The Hall–Kier alpha value is -1.36.